The molecule has 0 unspecified atom stereocenters. The third kappa shape index (κ3) is 3.18. The lowest BCUT2D eigenvalue weighted by atomic mass is 10.1. The van der Waals surface area contributed by atoms with Crippen LogP contribution in [0.4, 0.5) is 11.9 Å². The highest BCUT2D eigenvalue weighted by Crippen LogP contribution is 2.21. The summed E-state index contributed by atoms with van der Waals surface area (Å²) in [5, 5.41) is 9.79. The predicted molar refractivity (Wildman–Crippen MR) is 77.6 cm³/mol. The Hall–Kier alpha value is -1.85. The SMILES string of the molecule is O=C(C[C@@H]1C=CCC1)Nc1nc(N2CCCCC2)n[nH]1. The highest BCUT2D eigenvalue weighted by Gasteiger charge is 2.18. The van der Waals surface area contributed by atoms with Crippen LogP contribution in [-0.4, -0.2) is 34.2 Å². The summed E-state index contributed by atoms with van der Waals surface area (Å²) in [4.78, 5) is 18.4. The monoisotopic (exact) mass is 275 g/mol. The average molecular weight is 275 g/mol. The predicted octanol–water partition coefficient (Wildman–Crippen LogP) is 2.09. The van der Waals surface area contributed by atoms with Crippen LogP contribution in [0.25, 0.3) is 0 Å². The minimum atomic E-state index is 0.00268. The molecule has 6 heteroatoms. The van der Waals surface area contributed by atoms with Crippen LogP contribution in [0, 0.1) is 5.92 Å². The Labute approximate surface area is 118 Å². The molecule has 20 heavy (non-hydrogen) atoms. The van der Waals surface area contributed by atoms with Gasteiger partial charge in [0.2, 0.25) is 17.8 Å². The number of nitrogens with one attached hydrogen (secondary N) is 2. The summed E-state index contributed by atoms with van der Waals surface area (Å²) < 4.78 is 0. The summed E-state index contributed by atoms with van der Waals surface area (Å²) >= 11 is 0. The van der Waals surface area contributed by atoms with E-state index in [1.165, 1.54) is 19.3 Å². The van der Waals surface area contributed by atoms with Gasteiger partial charge in [0.25, 0.3) is 0 Å². The van der Waals surface area contributed by atoms with Gasteiger partial charge in [0, 0.05) is 19.5 Å². The van der Waals surface area contributed by atoms with Crippen molar-refractivity contribution in [2.24, 2.45) is 5.92 Å². The third-order valence-corrected chi connectivity index (χ3v) is 3.93. The van der Waals surface area contributed by atoms with Crippen molar-refractivity contribution in [2.45, 2.75) is 38.5 Å². The van der Waals surface area contributed by atoms with Gasteiger partial charge in [-0.1, -0.05) is 12.2 Å². The van der Waals surface area contributed by atoms with Gasteiger partial charge in [0.15, 0.2) is 0 Å². The number of amides is 1. The van der Waals surface area contributed by atoms with Gasteiger partial charge in [-0.15, -0.1) is 5.10 Å². The first-order chi connectivity index (χ1) is 9.81. The van der Waals surface area contributed by atoms with E-state index in [4.69, 9.17) is 0 Å². The van der Waals surface area contributed by atoms with Crippen LogP contribution in [0.2, 0.25) is 0 Å². The molecule has 1 aromatic rings. The van der Waals surface area contributed by atoms with Crippen LogP contribution in [0.3, 0.4) is 0 Å². The Balaban J connectivity index is 1.53. The topological polar surface area (TPSA) is 73.9 Å². The van der Waals surface area contributed by atoms with E-state index in [9.17, 15) is 4.79 Å². The first-order valence-corrected chi connectivity index (χ1v) is 7.45. The Morgan fingerprint density at radius 1 is 1.40 bits per heavy atom. The second-order valence-corrected chi connectivity index (χ2v) is 5.55. The largest absolute Gasteiger partial charge is 0.340 e. The van der Waals surface area contributed by atoms with Gasteiger partial charge < -0.3 is 4.90 Å². The van der Waals surface area contributed by atoms with Crippen molar-refractivity contribution in [2.75, 3.05) is 23.3 Å². The van der Waals surface area contributed by atoms with Crippen LogP contribution in [0.15, 0.2) is 12.2 Å². The van der Waals surface area contributed by atoms with Crippen molar-refractivity contribution in [1.29, 1.82) is 0 Å². The summed E-state index contributed by atoms with van der Waals surface area (Å²) in [5.41, 5.74) is 0. The molecule has 1 fully saturated rings. The Bertz CT molecular complexity index is 490. The minimum absolute atomic E-state index is 0.00268. The van der Waals surface area contributed by atoms with Crippen molar-refractivity contribution in [3.05, 3.63) is 12.2 Å². The van der Waals surface area contributed by atoms with Crippen LogP contribution in [-0.2, 0) is 4.79 Å². The highest BCUT2D eigenvalue weighted by molar-refractivity contribution is 5.89. The van der Waals surface area contributed by atoms with E-state index < -0.39 is 0 Å². The van der Waals surface area contributed by atoms with Crippen molar-refractivity contribution in [3.63, 3.8) is 0 Å². The van der Waals surface area contributed by atoms with E-state index >= 15 is 0 Å². The molecular formula is C14H21N5O. The van der Waals surface area contributed by atoms with Gasteiger partial charge in [-0.3, -0.25) is 10.1 Å². The maximum Gasteiger partial charge on any atom is 0.246 e. The fourth-order valence-corrected chi connectivity index (χ4v) is 2.83. The summed E-state index contributed by atoms with van der Waals surface area (Å²) in [6.07, 6.45) is 10.6. The summed E-state index contributed by atoms with van der Waals surface area (Å²) in [6, 6.07) is 0. The lowest BCUT2D eigenvalue weighted by molar-refractivity contribution is -0.116. The molecule has 1 amide bonds. The highest BCUT2D eigenvalue weighted by atomic mass is 16.1. The molecule has 1 saturated heterocycles. The van der Waals surface area contributed by atoms with Crippen LogP contribution in [0.5, 0.6) is 0 Å². The number of H-pyrrole nitrogens is 1. The van der Waals surface area contributed by atoms with E-state index in [1.807, 2.05) is 0 Å². The Morgan fingerprint density at radius 2 is 2.25 bits per heavy atom. The summed E-state index contributed by atoms with van der Waals surface area (Å²) in [6.45, 7) is 2.00. The number of hydrogen-bond acceptors (Lipinski definition) is 4. The lowest BCUT2D eigenvalue weighted by Gasteiger charge is -2.24. The van der Waals surface area contributed by atoms with E-state index in [0.717, 1.165) is 25.9 Å². The zero-order valence-corrected chi connectivity index (χ0v) is 11.6. The normalized spacial score (nSPS) is 22.2. The van der Waals surface area contributed by atoms with E-state index in [1.54, 1.807) is 0 Å². The second-order valence-electron chi connectivity index (χ2n) is 5.55. The first kappa shape index (κ1) is 13.1. The number of anilines is 2. The summed E-state index contributed by atoms with van der Waals surface area (Å²) in [7, 11) is 0. The van der Waals surface area contributed by atoms with E-state index in [0.29, 0.717) is 24.2 Å². The number of piperidine rings is 1. The number of carbonyl (C=O) groups is 1. The molecule has 0 spiro atoms. The zero-order chi connectivity index (χ0) is 13.8. The van der Waals surface area contributed by atoms with Crippen molar-refractivity contribution < 1.29 is 4.79 Å². The molecule has 1 aromatic heterocycles. The smallest absolute Gasteiger partial charge is 0.246 e. The van der Waals surface area contributed by atoms with Crippen molar-refractivity contribution >= 4 is 17.8 Å². The maximum atomic E-state index is 11.9. The van der Waals surface area contributed by atoms with Gasteiger partial charge >= 0.3 is 0 Å². The second kappa shape index (κ2) is 6.07. The van der Waals surface area contributed by atoms with Crippen LogP contribution >= 0.6 is 0 Å². The molecule has 6 nitrogen and oxygen atoms in total. The molecule has 0 radical (unpaired) electrons. The summed E-state index contributed by atoms with van der Waals surface area (Å²) in [5.74, 6) is 1.53. The molecule has 1 aliphatic heterocycles. The molecule has 1 atom stereocenters. The Kier molecular flexibility index (Phi) is 3.99. The average Bonchev–Trinajstić information content (AvgIpc) is 3.11. The van der Waals surface area contributed by atoms with Gasteiger partial charge in [-0.25, -0.2) is 5.10 Å². The molecule has 0 bridgehead atoms. The van der Waals surface area contributed by atoms with Gasteiger partial charge in [-0.2, -0.15) is 4.98 Å². The third-order valence-electron chi connectivity index (χ3n) is 3.93. The van der Waals surface area contributed by atoms with Crippen LogP contribution in [0.1, 0.15) is 38.5 Å². The van der Waals surface area contributed by atoms with Gasteiger partial charge in [-0.05, 0) is 38.0 Å². The number of aromatic nitrogens is 3. The van der Waals surface area contributed by atoms with Crippen molar-refractivity contribution in [1.82, 2.24) is 15.2 Å². The number of nitrogens with zero attached hydrogens (tertiary/aromatic N) is 3. The number of allylic oxidation sites excluding steroid dienone is 2. The quantitative estimate of drug-likeness (QED) is 0.825. The Morgan fingerprint density at radius 3 is 3.00 bits per heavy atom. The molecule has 3 rings (SSSR count). The number of rotatable bonds is 4. The molecule has 108 valence electrons. The van der Waals surface area contributed by atoms with Gasteiger partial charge in [0.05, 0.1) is 0 Å². The fourth-order valence-electron chi connectivity index (χ4n) is 2.83. The fraction of sp³-hybridized carbons (Fsp3) is 0.643. The lowest BCUT2D eigenvalue weighted by Crippen LogP contribution is -2.30. The number of hydrogen-bond donors (Lipinski definition) is 2. The number of carbonyl (C=O) groups excluding carboxylic acids is 1. The molecule has 1 aliphatic carbocycles. The van der Waals surface area contributed by atoms with E-state index in [-0.39, 0.29) is 5.91 Å². The van der Waals surface area contributed by atoms with Crippen LogP contribution < -0.4 is 10.2 Å². The molecule has 2 heterocycles. The molecule has 2 N–H and O–H groups in total. The first-order valence-electron chi connectivity index (χ1n) is 7.45. The zero-order valence-electron chi connectivity index (χ0n) is 11.6. The van der Waals surface area contributed by atoms with Gasteiger partial charge in [0.1, 0.15) is 0 Å². The molecule has 0 aromatic carbocycles. The van der Waals surface area contributed by atoms with E-state index in [2.05, 4.69) is 37.6 Å². The standard InChI is InChI=1S/C14H21N5O/c20-12(10-11-6-2-3-7-11)15-13-16-14(18-17-13)19-8-4-1-5-9-19/h2,6,11H,1,3-5,7-10H2,(H2,15,16,17,18,20)/t11-/m1/s1. The molecular weight excluding hydrogens is 254 g/mol. The molecule has 2 aliphatic rings. The van der Waals surface area contributed by atoms with Crippen molar-refractivity contribution in [3.8, 4) is 0 Å². The molecule has 0 saturated carbocycles. The maximum absolute atomic E-state index is 11.9. The number of aromatic amines is 1. The minimum Gasteiger partial charge on any atom is -0.340 e.